The van der Waals surface area contributed by atoms with Crippen molar-refractivity contribution in [3.8, 4) is 5.75 Å². The third kappa shape index (κ3) is 4.41. The molecule has 0 aliphatic heterocycles. The third-order valence-electron chi connectivity index (χ3n) is 3.58. The van der Waals surface area contributed by atoms with Crippen LogP contribution in [-0.4, -0.2) is 16.6 Å². The maximum absolute atomic E-state index is 12.1. The number of hydrogen-bond donors (Lipinski definition) is 2. The standard InChI is InChI=1S/C17H23NO2/c1-17(2,12-14-7-9-15(19)10-8-14)18-16(20)11-13-5-3-4-6-13/h5,7-10,19H,3-4,6,11-12H2,1-2H3,(H,18,20). The van der Waals surface area contributed by atoms with Crippen molar-refractivity contribution < 1.29 is 9.90 Å². The van der Waals surface area contributed by atoms with E-state index in [4.69, 9.17) is 0 Å². The van der Waals surface area contributed by atoms with Crippen LogP contribution >= 0.6 is 0 Å². The molecule has 0 aromatic heterocycles. The summed E-state index contributed by atoms with van der Waals surface area (Å²) in [6.07, 6.45) is 6.81. The number of carbonyl (C=O) groups is 1. The average Bonchev–Trinajstić information content (AvgIpc) is 2.83. The molecule has 2 N–H and O–H groups in total. The zero-order chi connectivity index (χ0) is 14.6. The van der Waals surface area contributed by atoms with Gasteiger partial charge in [0.25, 0.3) is 0 Å². The van der Waals surface area contributed by atoms with Gasteiger partial charge < -0.3 is 10.4 Å². The molecular weight excluding hydrogens is 250 g/mol. The van der Waals surface area contributed by atoms with E-state index in [-0.39, 0.29) is 17.2 Å². The number of aromatic hydroxyl groups is 1. The summed E-state index contributed by atoms with van der Waals surface area (Å²) in [5.41, 5.74) is 2.09. The van der Waals surface area contributed by atoms with E-state index in [0.29, 0.717) is 6.42 Å². The van der Waals surface area contributed by atoms with Crippen LogP contribution in [-0.2, 0) is 11.2 Å². The molecule has 3 nitrogen and oxygen atoms in total. The average molecular weight is 273 g/mol. The van der Waals surface area contributed by atoms with Crippen LogP contribution < -0.4 is 5.32 Å². The highest BCUT2D eigenvalue weighted by Crippen LogP contribution is 2.21. The van der Waals surface area contributed by atoms with Gasteiger partial charge >= 0.3 is 0 Å². The monoisotopic (exact) mass is 273 g/mol. The minimum absolute atomic E-state index is 0.0990. The molecule has 0 radical (unpaired) electrons. The van der Waals surface area contributed by atoms with E-state index in [0.717, 1.165) is 24.8 Å². The minimum Gasteiger partial charge on any atom is -0.508 e. The third-order valence-corrected chi connectivity index (χ3v) is 3.58. The molecule has 0 saturated carbocycles. The second-order valence-corrected chi connectivity index (χ2v) is 6.21. The SMILES string of the molecule is CC(C)(Cc1ccc(O)cc1)NC(=O)CC1=CCCC1. The fourth-order valence-corrected chi connectivity index (χ4v) is 2.69. The molecule has 1 aromatic carbocycles. The van der Waals surface area contributed by atoms with Crippen molar-refractivity contribution in [1.82, 2.24) is 5.32 Å². The summed E-state index contributed by atoms with van der Waals surface area (Å²) in [5.74, 6) is 0.366. The van der Waals surface area contributed by atoms with Crippen molar-refractivity contribution >= 4 is 5.91 Å². The molecule has 0 spiro atoms. The lowest BCUT2D eigenvalue weighted by Gasteiger charge is -2.26. The van der Waals surface area contributed by atoms with Crippen molar-refractivity contribution in [3.63, 3.8) is 0 Å². The van der Waals surface area contributed by atoms with Crippen molar-refractivity contribution in [2.24, 2.45) is 0 Å². The van der Waals surface area contributed by atoms with Gasteiger partial charge in [0.2, 0.25) is 5.91 Å². The second-order valence-electron chi connectivity index (χ2n) is 6.21. The van der Waals surface area contributed by atoms with Gasteiger partial charge in [-0.2, -0.15) is 0 Å². The fourth-order valence-electron chi connectivity index (χ4n) is 2.69. The van der Waals surface area contributed by atoms with Crippen LogP contribution in [0.1, 0.15) is 45.1 Å². The van der Waals surface area contributed by atoms with Gasteiger partial charge in [0.05, 0.1) is 0 Å². The van der Waals surface area contributed by atoms with E-state index in [1.165, 1.54) is 12.0 Å². The molecule has 1 aliphatic carbocycles. The van der Waals surface area contributed by atoms with E-state index in [9.17, 15) is 9.90 Å². The van der Waals surface area contributed by atoms with Crippen LogP contribution in [0.15, 0.2) is 35.9 Å². The molecule has 2 rings (SSSR count). The predicted octanol–water partition coefficient (Wildman–Crippen LogP) is 3.33. The zero-order valence-corrected chi connectivity index (χ0v) is 12.3. The molecule has 1 aliphatic rings. The number of phenols is 1. The van der Waals surface area contributed by atoms with E-state index >= 15 is 0 Å². The van der Waals surface area contributed by atoms with Crippen LogP contribution in [0.25, 0.3) is 0 Å². The highest BCUT2D eigenvalue weighted by atomic mass is 16.3. The number of amides is 1. The molecule has 0 bridgehead atoms. The van der Waals surface area contributed by atoms with Gasteiger partial charge in [-0.3, -0.25) is 4.79 Å². The van der Waals surface area contributed by atoms with Crippen molar-refractivity contribution in [2.75, 3.05) is 0 Å². The van der Waals surface area contributed by atoms with Gasteiger partial charge in [0.1, 0.15) is 5.75 Å². The molecule has 0 saturated heterocycles. The molecule has 1 aromatic rings. The summed E-state index contributed by atoms with van der Waals surface area (Å²) in [6.45, 7) is 4.06. The Kier molecular flexibility index (Phi) is 4.48. The second kappa shape index (κ2) is 6.12. The van der Waals surface area contributed by atoms with Crippen LogP contribution in [0.5, 0.6) is 5.75 Å². The molecule has 1 amide bonds. The Labute approximate surface area is 120 Å². The lowest BCUT2D eigenvalue weighted by molar-refractivity contribution is -0.122. The molecule has 0 atom stereocenters. The largest absolute Gasteiger partial charge is 0.508 e. The van der Waals surface area contributed by atoms with Gasteiger partial charge in [-0.25, -0.2) is 0 Å². The van der Waals surface area contributed by atoms with Crippen molar-refractivity contribution in [3.05, 3.63) is 41.5 Å². The molecule has 0 unspecified atom stereocenters. The number of benzene rings is 1. The van der Waals surface area contributed by atoms with E-state index in [1.807, 2.05) is 26.0 Å². The molecule has 3 heteroatoms. The number of nitrogens with one attached hydrogen (secondary N) is 1. The van der Waals surface area contributed by atoms with Gasteiger partial charge in [-0.1, -0.05) is 23.8 Å². The highest BCUT2D eigenvalue weighted by molar-refractivity contribution is 5.79. The fraction of sp³-hybridized carbons (Fsp3) is 0.471. The summed E-state index contributed by atoms with van der Waals surface area (Å²) < 4.78 is 0. The summed E-state index contributed by atoms with van der Waals surface area (Å²) in [5, 5.41) is 12.4. The molecule has 0 heterocycles. The zero-order valence-electron chi connectivity index (χ0n) is 12.3. The first-order chi connectivity index (χ1) is 9.44. The van der Waals surface area contributed by atoms with E-state index in [1.54, 1.807) is 12.1 Å². The quantitative estimate of drug-likeness (QED) is 0.808. The highest BCUT2D eigenvalue weighted by Gasteiger charge is 2.21. The lowest BCUT2D eigenvalue weighted by atomic mass is 9.94. The van der Waals surface area contributed by atoms with Gasteiger partial charge in [-0.15, -0.1) is 0 Å². The summed E-state index contributed by atoms with van der Waals surface area (Å²) in [4.78, 5) is 12.1. The van der Waals surface area contributed by atoms with E-state index < -0.39 is 0 Å². The van der Waals surface area contributed by atoms with Crippen molar-refractivity contribution in [2.45, 2.75) is 51.5 Å². The Morgan fingerprint density at radius 3 is 2.60 bits per heavy atom. The summed E-state index contributed by atoms with van der Waals surface area (Å²) >= 11 is 0. The Balaban J connectivity index is 1.89. The molecule has 0 fully saturated rings. The van der Waals surface area contributed by atoms with Gasteiger partial charge in [0.15, 0.2) is 0 Å². The Morgan fingerprint density at radius 2 is 2.00 bits per heavy atom. The smallest absolute Gasteiger partial charge is 0.224 e. The van der Waals surface area contributed by atoms with Crippen LogP contribution in [0.4, 0.5) is 0 Å². The Morgan fingerprint density at radius 1 is 1.30 bits per heavy atom. The van der Waals surface area contributed by atoms with Crippen LogP contribution in [0.2, 0.25) is 0 Å². The Hall–Kier alpha value is -1.77. The maximum Gasteiger partial charge on any atom is 0.224 e. The summed E-state index contributed by atoms with van der Waals surface area (Å²) in [6, 6.07) is 7.14. The molecular formula is C17H23NO2. The number of allylic oxidation sites excluding steroid dienone is 1. The predicted molar refractivity (Wildman–Crippen MR) is 80.6 cm³/mol. The Bertz CT molecular complexity index is 500. The number of phenolic OH excluding ortho intramolecular Hbond substituents is 1. The van der Waals surface area contributed by atoms with Crippen LogP contribution in [0, 0.1) is 0 Å². The maximum atomic E-state index is 12.1. The first-order valence-corrected chi connectivity index (χ1v) is 7.21. The van der Waals surface area contributed by atoms with Crippen molar-refractivity contribution in [1.29, 1.82) is 0 Å². The first-order valence-electron chi connectivity index (χ1n) is 7.21. The lowest BCUT2D eigenvalue weighted by Crippen LogP contribution is -2.45. The number of carbonyl (C=O) groups excluding carboxylic acids is 1. The first kappa shape index (κ1) is 14.6. The normalized spacial score (nSPS) is 15.0. The topological polar surface area (TPSA) is 49.3 Å². The summed E-state index contributed by atoms with van der Waals surface area (Å²) in [7, 11) is 0. The number of rotatable bonds is 5. The van der Waals surface area contributed by atoms with Gasteiger partial charge in [-0.05, 0) is 57.2 Å². The van der Waals surface area contributed by atoms with Gasteiger partial charge in [0, 0.05) is 12.0 Å². The van der Waals surface area contributed by atoms with Crippen LogP contribution in [0.3, 0.4) is 0 Å². The minimum atomic E-state index is -0.285. The molecule has 20 heavy (non-hydrogen) atoms. The molecule has 108 valence electrons. The van der Waals surface area contributed by atoms with E-state index in [2.05, 4.69) is 11.4 Å². The number of hydrogen-bond acceptors (Lipinski definition) is 2.